The largest absolute Gasteiger partial charge is 0.481 e. The third-order valence-electron chi connectivity index (χ3n) is 4.96. The first kappa shape index (κ1) is 18.6. The van der Waals surface area contributed by atoms with Gasteiger partial charge in [0.25, 0.3) is 5.69 Å². The summed E-state index contributed by atoms with van der Waals surface area (Å²) >= 11 is 0. The Morgan fingerprint density at radius 2 is 1.93 bits per heavy atom. The minimum Gasteiger partial charge on any atom is -0.481 e. The van der Waals surface area contributed by atoms with Gasteiger partial charge in [-0.2, -0.15) is 0 Å². The maximum absolute atomic E-state index is 12.1. The average molecular weight is 373 g/mol. The maximum Gasteiger partial charge on any atom is 0.336 e. The van der Waals surface area contributed by atoms with Crippen LogP contribution in [0.3, 0.4) is 0 Å². The van der Waals surface area contributed by atoms with Gasteiger partial charge >= 0.3 is 11.9 Å². The van der Waals surface area contributed by atoms with Gasteiger partial charge in [0.15, 0.2) is 0 Å². The molecular formula is C18H19N3O6. The Morgan fingerprint density at radius 3 is 2.48 bits per heavy atom. The predicted octanol–water partition coefficient (Wildman–Crippen LogP) is 2.25. The molecule has 2 heterocycles. The lowest BCUT2D eigenvalue weighted by Crippen LogP contribution is -2.38. The van der Waals surface area contributed by atoms with Gasteiger partial charge in [-0.1, -0.05) is 12.1 Å². The van der Waals surface area contributed by atoms with Crippen LogP contribution in [0.1, 0.15) is 31.2 Å². The quantitative estimate of drug-likeness (QED) is 0.597. The molecule has 0 aliphatic carbocycles. The second-order valence-corrected chi connectivity index (χ2v) is 6.64. The van der Waals surface area contributed by atoms with Crippen molar-refractivity contribution >= 4 is 23.3 Å². The van der Waals surface area contributed by atoms with Crippen molar-refractivity contribution in [1.29, 1.82) is 0 Å². The van der Waals surface area contributed by atoms with Crippen molar-refractivity contribution in [2.24, 2.45) is 10.9 Å². The summed E-state index contributed by atoms with van der Waals surface area (Å²) < 4.78 is 0. The molecule has 1 aromatic carbocycles. The Kier molecular flexibility index (Phi) is 4.93. The van der Waals surface area contributed by atoms with E-state index in [4.69, 9.17) is 0 Å². The van der Waals surface area contributed by atoms with Gasteiger partial charge in [-0.3, -0.25) is 14.9 Å². The van der Waals surface area contributed by atoms with Gasteiger partial charge in [0.1, 0.15) is 11.7 Å². The van der Waals surface area contributed by atoms with E-state index in [1.54, 1.807) is 6.92 Å². The average Bonchev–Trinajstić information content (AvgIpc) is 3.14. The zero-order valence-electron chi connectivity index (χ0n) is 14.7. The van der Waals surface area contributed by atoms with Crippen molar-refractivity contribution in [3.05, 3.63) is 51.3 Å². The summed E-state index contributed by atoms with van der Waals surface area (Å²) in [5.41, 5.74) is 0.213. The van der Waals surface area contributed by atoms with Crippen LogP contribution in [0.2, 0.25) is 0 Å². The number of likely N-dealkylation sites (tertiary alicyclic amines) is 1. The zero-order chi connectivity index (χ0) is 19.7. The van der Waals surface area contributed by atoms with Gasteiger partial charge in [-0.15, -0.1) is 0 Å². The van der Waals surface area contributed by atoms with Gasteiger partial charge < -0.3 is 15.1 Å². The van der Waals surface area contributed by atoms with Gasteiger partial charge in [0, 0.05) is 36.9 Å². The monoisotopic (exact) mass is 373 g/mol. The molecule has 0 saturated carbocycles. The summed E-state index contributed by atoms with van der Waals surface area (Å²) in [7, 11) is 0. The van der Waals surface area contributed by atoms with E-state index in [0.29, 0.717) is 13.1 Å². The zero-order valence-corrected chi connectivity index (χ0v) is 14.7. The second kappa shape index (κ2) is 7.18. The van der Waals surface area contributed by atoms with Crippen molar-refractivity contribution < 1.29 is 24.7 Å². The van der Waals surface area contributed by atoms with E-state index in [-0.39, 0.29) is 28.4 Å². The third-order valence-corrected chi connectivity index (χ3v) is 4.96. The molecule has 1 fully saturated rings. The summed E-state index contributed by atoms with van der Waals surface area (Å²) in [6.07, 6.45) is 1.80. The van der Waals surface area contributed by atoms with Crippen molar-refractivity contribution in [2.75, 3.05) is 13.1 Å². The number of carboxylic acids is 2. The second-order valence-electron chi connectivity index (χ2n) is 6.64. The molecule has 0 bridgehead atoms. The summed E-state index contributed by atoms with van der Waals surface area (Å²) in [6, 6.07) is 5.48. The number of carboxylic acid groups (broad SMARTS) is 2. The number of rotatable bonds is 5. The molecule has 1 saturated heterocycles. The van der Waals surface area contributed by atoms with E-state index in [1.165, 1.54) is 24.3 Å². The van der Waals surface area contributed by atoms with Crippen LogP contribution in [-0.2, 0) is 9.59 Å². The van der Waals surface area contributed by atoms with Crippen molar-refractivity contribution in [3.8, 4) is 0 Å². The van der Waals surface area contributed by atoms with Crippen LogP contribution >= 0.6 is 0 Å². The summed E-state index contributed by atoms with van der Waals surface area (Å²) in [5, 5.41) is 30.7. The van der Waals surface area contributed by atoms with Gasteiger partial charge in [-0.25, -0.2) is 9.79 Å². The van der Waals surface area contributed by atoms with Crippen LogP contribution in [0.25, 0.3) is 0 Å². The van der Waals surface area contributed by atoms with Crippen LogP contribution in [0.5, 0.6) is 0 Å². The van der Waals surface area contributed by atoms with Crippen LogP contribution in [0, 0.1) is 16.0 Å². The SMILES string of the molecule is CC1=NC(N2CCCC2)=C(C(=O)O)C(c2cccc([N+](=O)[O-])c2)C1C(=O)O. The highest BCUT2D eigenvalue weighted by Crippen LogP contribution is 2.41. The topological polar surface area (TPSA) is 133 Å². The van der Waals surface area contributed by atoms with E-state index in [0.717, 1.165) is 12.8 Å². The molecule has 142 valence electrons. The first-order valence-corrected chi connectivity index (χ1v) is 8.56. The predicted molar refractivity (Wildman–Crippen MR) is 95.5 cm³/mol. The molecule has 9 heteroatoms. The molecule has 3 rings (SSSR count). The Labute approximate surface area is 154 Å². The van der Waals surface area contributed by atoms with Crippen molar-refractivity contribution in [3.63, 3.8) is 0 Å². The van der Waals surface area contributed by atoms with Crippen LogP contribution in [0.4, 0.5) is 5.69 Å². The molecular weight excluding hydrogens is 354 g/mol. The Morgan fingerprint density at radius 1 is 1.26 bits per heavy atom. The molecule has 2 atom stereocenters. The molecule has 0 aromatic heterocycles. The van der Waals surface area contributed by atoms with E-state index in [1.807, 2.05) is 4.90 Å². The number of carbonyl (C=O) groups is 2. The lowest BCUT2D eigenvalue weighted by Gasteiger charge is -2.33. The van der Waals surface area contributed by atoms with Crippen molar-refractivity contribution in [1.82, 2.24) is 4.90 Å². The van der Waals surface area contributed by atoms with Gasteiger partial charge in [0.2, 0.25) is 0 Å². The molecule has 2 unspecified atom stereocenters. The Hall–Kier alpha value is -3.23. The number of benzene rings is 1. The van der Waals surface area contributed by atoms with E-state index < -0.39 is 28.7 Å². The highest BCUT2D eigenvalue weighted by Gasteiger charge is 2.43. The lowest BCUT2D eigenvalue weighted by molar-refractivity contribution is -0.384. The van der Waals surface area contributed by atoms with Crippen LogP contribution in [-0.4, -0.2) is 50.8 Å². The molecule has 0 amide bonds. The molecule has 0 radical (unpaired) electrons. The molecule has 1 aromatic rings. The molecule has 27 heavy (non-hydrogen) atoms. The molecule has 2 N–H and O–H groups in total. The first-order chi connectivity index (χ1) is 12.8. The fourth-order valence-electron chi connectivity index (χ4n) is 3.75. The summed E-state index contributed by atoms with van der Waals surface area (Å²) in [5.74, 6) is -4.49. The molecule has 0 spiro atoms. The number of non-ortho nitro benzene ring substituents is 1. The number of hydrogen-bond donors (Lipinski definition) is 2. The standard InChI is InChI=1S/C18H19N3O6/c1-10-13(17(22)23)14(11-5-4-6-12(9-11)21(26)27)15(18(24)25)16(19-10)20-7-2-3-8-20/h4-6,9,13-14H,2-3,7-8H2,1H3,(H,22,23)(H,24,25). The minimum atomic E-state index is -1.27. The van der Waals surface area contributed by atoms with E-state index >= 15 is 0 Å². The van der Waals surface area contributed by atoms with Gasteiger partial charge in [0.05, 0.1) is 10.5 Å². The number of nitro groups is 1. The smallest absolute Gasteiger partial charge is 0.336 e. The highest BCUT2D eigenvalue weighted by atomic mass is 16.6. The normalized spacial score (nSPS) is 22.6. The summed E-state index contributed by atoms with van der Waals surface area (Å²) in [4.78, 5) is 40.8. The fourth-order valence-corrected chi connectivity index (χ4v) is 3.75. The van der Waals surface area contributed by atoms with E-state index in [9.17, 15) is 29.9 Å². The molecule has 2 aliphatic heterocycles. The van der Waals surface area contributed by atoms with E-state index in [2.05, 4.69) is 4.99 Å². The number of aliphatic carboxylic acids is 2. The maximum atomic E-state index is 12.1. The number of hydrogen-bond acceptors (Lipinski definition) is 6. The fraction of sp³-hybridized carbons (Fsp3) is 0.389. The Bertz CT molecular complexity index is 870. The number of nitrogens with zero attached hydrogens (tertiary/aromatic N) is 3. The van der Waals surface area contributed by atoms with Gasteiger partial charge in [-0.05, 0) is 25.3 Å². The summed E-state index contributed by atoms with van der Waals surface area (Å²) in [6.45, 7) is 2.84. The number of aliphatic imine (C=N–C) groups is 1. The minimum absolute atomic E-state index is 0.129. The number of nitro benzene ring substituents is 1. The first-order valence-electron chi connectivity index (χ1n) is 8.56. The highest BCUT2D eigenvalue weighted by molar-refractivity contribution is 6.06. The Balaban J connectivity index is 2.23. The van der Waals surface area contributed by atoms with Crippen molar-refractivity contribution in [2.45, 2.75) is 25.7 Å². The van der Waals surface area contributed by atoms with Crippen LogP contribution in [0.15, 0.2) is 40.7 Å². The molecule has 2 aliphatic rings. The molecule has 9 nitrogen and oxygen atoms in total. The lowest BCUT2D eigenvalue weighted by atomic mass is 9.76. The van der Waals surface area contributed by atoms with Crippen LogP contribution < -0.4 is 0 Å². The third kappa shape index (κ3) is 3.40.